The summed E-state index contributed by atoms with van der Waals surface area (Å²) in [6.07, 6.45) is -3.08. The van der Waals surface area contributed by atoms with Gasteiger partial charge in [0.1, 0.15) is 0 Å². The molecule has 2 aromatic carbocycles. The first-order valence-electron chi connectivity index (χ1n) is 9.82. The second-order valence-corrected chi connectivity index (χ2v) is 7.38. The summed E-state index contributed by atoms with van der Waals surface area (Å²) in [5, 5.41) is 5.57. The molecule has 30 heavy (non-hydrogen) atoms. The van der Waals surface area contributed by atoms with Crippen LogP contribution in [0.4, 0.5) is 18.9 Å². The fraction of sp³-hybridized carbons (Fsp3) is 0.364. The average Bonchev–Trinajstić information content (AvgIpc) is 2.73. The van der Waals surface area contributed by atoms with Crippen LogP contribution in [-0.2, 0) is 22.3 Å². The molecular formula is C22H24F3N3O2. The molecule has 0 bridgehead atoms. The molecule has 3 rings (SSSR count). The molecule has 2 amide bonds. The first-order valence-corrected chi connectivity index (χ1v) is 9.82. The van der Waals surface area contributed by atoms with Gasteiger partial charge in [-0.3, -0.25) is 14.5 Å². The maximum Gasteiger partial charge on any atom is 0.416 e. The fourth-order valence-electron chi connectivity index (χ4n) is 3.43. The SMILES string of the molecule is O=C(CN1CCC(C(=O)NCc2ccccc2)CC1)Nc1ccc(C(F)(F)F)cc1. The number of rotatable bonds is 6. The van der Waals surface area contributed by atoms with Crippen LogP contribution in [0.5, 0.6) is 0 Å². The number of carbonyl (C=O) groups is 2. The fourth-order valence-corrected chi connectivity index (χ4v) is 3.43. The van der Waals surface area contributed by atoms with Crippen LogP contribution >= 0.6 is 0 Å². The first kappa shape index (κ1) is 21.8. The number of nitrogens with zero attached hydrogens (tertiary/aromatic N) is 1. The Balaban J connectivity index is 1.39. The Bertz CT molecular complexity index is 846. The lowest BCUT2D eigenvalue weighted by atomic mass is 9.96. The maximum atomic E-state index is 12.6. The highest BCUT2D eigenvalue weighted by molar-refractivity contribution is 5.92. The number of halogens is 3. The largest absolute Gasteiger partial charge is 0.416 e. The minimum absolute atomic E-state index is 0.0210. The van der Waals surface area contributed by atoms with E-state index in [-0.39, 0.29) is 24.3 Å². The summed E-state index contributed by atoms with van der Waals surface area (Å²) < 4.78 is 37.8. The van der Waals surface area contributed by atoms with Crippen molar-refractivity contribution in [1.82, 2.24) is 10.2 Å². The van der Waals surface area contributed by atoms with Gasteiger partial charge in [-0.1, -0.05) is 30.3 Å². The van der Waals surface area contributed by atoms with E-state index in [1.807, 2.05) is 35.2 Å². The van der Waals surface area contributed by atoms with E-state index in [1.165, 1.54) is 12.1 Å². The van der Waals surface area contributed by atoms with Gasteiger partial charge in [-0.05, 0) is 55.8 Å². The number of carbonyl (C=O) groups excluding carboxylic acids is 2. The monoisotopic (exact) mass is 419 g/mol. The minimum Gasteiger partial charge on any atom is -0.352 e. The van der Waals surface area contributed by atoms with E-state index in [2.05, 4.69) is 10.6 Å². The predicted octanol–water partition coefficient (Wildman–Crippen LogP) is 3.67. The second kappa shape index (κ2) is 9.75. The van der Waals surface area contributed by atoms with Crippen molar-refractivity contribution in [2.75, 3.05) is 25.0 Å². The van der Waals surface area contributed by atoms with Gasteiger partial charge in [0.25, 0.3) is 0 Å². The van der Waals surface area contributed by atoms with E-state index in [4.69, 9.17) is 0 Å². The van der Waals surface area contributed by atoms with Crippen LogP contribution in [0.2, 0.25) is 0 Å². The number of hydrogen-bond donors (Lipinski definition) is 2. The molecule has 1 fully saturated rings. The summed E-state index contributed by atoms with van der Waals surface area (Å²) >= 11 is 0. The molecule has 2 aromatic rings. The van der Waals surface area contributed by atoms with Crippen molar-refractivity contribution in [3.05, 3.63) is 65.7 Å². The standard InChI is InChI=1S/C22H24F3N3O2/c23-22(24,25)18-6-8-19(9-7-18)27-20(29)15-28-12-10-17(11-13-28)21(30)26-14-16-4-2-1-3-5-16/h1-9,17H,10-15H2,(H,26,30)(H,27,29). The molecule has 5 nitrogen and oxygen atoms in total. The number of anilines is 1. The van der Waals surface area contributed by atoms with Gasteiger partial charge < -0.3 is 10.6 Å². The highest BCUT2D eigenvalue weighted by Crippen LogP contribution is 2.29. The number of piperidine rings is 1. The molecule has 0 atom stereocenters. The van der Waals surface area contributed by atoms with Crippen molar-refractivity contribution >= 4 is 17.5 Å². The third-order valence-corrected chi connectivity index (χ3v) is 5.13. The maximum absolute atomic E-state index is 12.6. The van der Waals surface area contributed by atoms with E-state index in [9.17, 15) is 22.8 Å². The van der Waals surface area contributed by atoms with Gasteiger partial charge in [-0.25, -0.2) is 0 Å². The Hall–Kier alpha value is -2.87. The number of nitrogens with one attached hydrogen (secondary N) is 2. The molecule has 2 N–H and O–H groups in total. The molecule has 1 heterocycles. The molecule has 1 saturated heterocycles. The van der Waals surface area contributed by atoms with Gasteiger partial charge in [0, 0.05) is 18.2 Å². The Morgan fingerprint density at radius 2 is 1.60 bits per heavy atom. The van der Waals surface area contributed by atoms with Crippen LogP contribution in [0.3, 0.4) is 0 Å². The Morgan fingerprint density at radius 1 is 0.967 bits per heavy atom. The molecule has 8 heteroatoms. The lowest BCUT2D eigenvalue weighted by Crippen LogP contribution is -2.43. The highest BCUT2D eigenvalue weighted by atomic mass is 19.4. The Morgan fingerprint density at radius 3 is 2.20 bits per heavy atom. The van der Waals surface area contributed by atoms with Crippen molar-refractivity contribution in [3.63, 3.8) is 0 Å². The van der Waals surface area contributed by atoms with E-state index >= 15 is 0 Å². The Kier molecular flexibility index (Phi) is 7.10. The number of likely N-dealkylation sites (tertiary alicyclic amines) is 1. The normalized spacial score (nSPS) is 15.6. The van der Waals surface area contributed by atoms with Crippen LogP contribution in [0.1, 0.15) is 24.0 Å². The van der Waals surface area contributed by atoms with Crippen LogP contribution in [0.25, 0.3) is 0 Å². The number of amides is 2. The summed E-state index contributed by atoms with van der Waals surface area (Å²) in [5.41, 5.74) is 0.611. The van der Waals surface area contributed by atoms with Crippen LogP contribution in [0.15, 0.2) is 54.6 Å². The van der Waals surface area contributed by atoms with Gasteiger partial charge in [0.15, 0.2) is 0 Å². The Labute approximate surface area is 173 Å². The quantitative estimate of drug-likeness (QED) is 0.751. The van der Waals surface area contributed by atoms with Crippen molar-refractivity contribution in [3.8, 4) is 0 Å². The summed E-state index contributed by atoms with van der Waals surface area (Å²) in [6, 6.07) is 14.1. The van der Waals surface area contributed by atoms with Gasteiger partial charge in [0.2, 0.25) is 11.8 Å². The van der Waals surface area contributed by atoms with Gasteiger partial charge in [-0.2, -0.15) is 13.2 Å². The van der Waals surface area contributed by atoms with E-state index in [0.29, 0.717) is 38.2 Å². The second-order valence-electron chi connectivity index (χ2n) is 7.38. The van der Waals surface area contributed by atoms with Crippen LogP contribution in [-0.4, -0.2) is 36.3 Å². The van der Waals surface area contributed by atoms with Gasteiger partial charge in [0.05, 0.1) is 12.1 Å². The average molecular weight is 419 g/mol. The van der Waals surface area contributed by atoms with Crippen molar-refractivity contribution in [2.24, 2.45) is 5.92 Å². The summed E-state index contributed by atoms with van der Waals surface area (Å²) in [5.74, 6) is -0.350. The lowest BCUT2D eigenvalue weighted by Gasteiger charge is -2.30. The van der Waals surface area contributed by atoms with E-state index in [1.54, 1.807) is 0 Å². The molecule has 160 valence electrons. The predicted molar refractivity (Wildman–Crippen MR) is 108 cm³/mol. The van der Waals surface area contributed by atoms with Crippen LogP contribution in [0, 0.1) is 5.92 Å². The topological polar surface area (TPSA) is 61.4 Å². The number of benzene rings is 2. The zero-order valence-corrected chi connectivity index (χ0v) is 16.4. The molecule has 1 aliphatic rings. The first-order chi connectivity index (χ1) is 14.3. The summed E-state index contributed by atoms with van der Waals surface area (Å²) in [6.45, 7) is 1.86. The van der Waals surface area contributed by atoms with Crippen LogP contribution < -0.4 is 10.6 Å². The molecule has 0 radical (unpaired) electrons. The van der Waals surface area contributed by atoms with E-state index < -0.39 is 11.7 Å². The van der Waals surface area contributed by atoms with Gasteiger partial charge in [-0.15, -0.1) is 0 Å². The summed E-state index contributed by atoms with van der Waals surface area (Å²) in [4.78, 5) is 26.5. The van der Waals surface area contributed by atoms with Crippen molar-refractivity contribution in [1.29, 1.82) is 0 Å². The third-order valence-electron chi connectivity index (χ3n) is 5.13. The van der Waals surface area contributed by atoms with Crippen molar-refractivity contribution in [2.45, 2.75) is 25.6 Å². The molecule has 0 aromatic heterocycles. The smallest absolute Gasteiger partial charge is 0.352 e. The highest BCUT2D eigenvalue weighted by Gasteiger charge is 2.30. The molecular weight excluding hydrogens is 395 g/mol. The van der Waals surface area contributed by atoms with E-state index in [0.717, 1.165) is 17.7 Å². The molecule has 0 spiro atoms. The zero-order valence-electron chi connectivity index (χ0n) is 16.4. The zero-order chi connectivity index (χ0) is 21.6. The number of hydrogen-bond acceptors (Lipinski definition) is 3. The van der Waals surface area contributed by atoms with Gasteiger partial charge >= 0.3 is 6.18 Å². The molecule has 1 aliphatic heterocycles. The third kappa shape index (κ3) is 6.32. The number of alkyl halides is 3. The lowest BCUT2D eigenvalue weighted by molar-refractivity contribution is -0.137. The minimum atomic E-state index is -4.40. The molecule has 0 saturated carbocycles. The summed E-state index contributed by atoms with van der Waals surface area (Å²) in [7, 11) is 0. The molecule has 0 aliphatic carbocycles. The van der Waals surface area contributed by atoms with Crippen molar-refractivity contribution < 1.29 is 22.8 Å². The molecule has 0 unspecified atom stereocenters.